The van der Waals surface area contributed by atoms with Crippen LogP contribution in [0.1, 0.15) is 22.0 Å². The van der Waals surface area contributed by atoms with Crippen molar-refractivity contribution < 1.29 is 9.90 Å². The Hall–Kier alpha value is -2.04. The van der Waals surface area contributed by atoms with E-state index in [9.17, 15) is 9.90 Å². The average Bonchev–Trinajstić information content (AvgIpc) is 2.48. The molecule has 2 aromatic carbocycles. The monoisotopic (exact) mass is 290 g/mol. The second-order valence-electron chi connectivity index (χ2n) is 4.33. The number of hydrogen-bond donors (Lipinski definition) is 3. The van der Waals surface area contributed by atoms with E-state index in [2.05, 4.69) is 5.32 Å². The molecule has 4 N–H and O–H groups in total. The third-order valence-corrected chi connectivity index (χ3v) is 3.38. The quantitative estimate of drug-likeness (QED) is 0.757. The summed E-state index contributed by atoms with van der Waals surface area (Å²) in [5.41, 5.74) is 7.13. The van der Waals surface area contributed by atoms with E-state index < -0.39 is 6.04 Å². The second-order valence-corrected chi connectivity index (χ2v) is 4.71. The number of benzene rings is 2. The third kappa shape index (κ3) is 3.10. The van der Waals surface area contributed by atoms with Gasteiger partial charge in [0.2, 0.25) is 0 Å². The van der Waals surface area contributed by atoms with E-state index in [1.165, 1.54) is 0 Å². The minimum atomic E-state index is -0.485. The zero-order chi connectivity index (χ0) is 14.5. The summed E-state index contributed by atoms with van der Waals surface area (Å²) < 4.78 is 0. The summed E-state index contributed by atoms with van der Waals surface area (Å²) in [6, 6.07) is 13.6. The van der Waals surface area contributed by atoms with Gasteiger partial charge in [-0.25, -0.2) is 0 Å². The van der Waals surface area contributed by atoms with Gasteiger partial charge in [0.25, 0.3) is 5.91 Å². The molecule has 4 nitrogen and oxygen atoms in total. The smallest absolute Gasteiger partial charge is 0.253 e. The van der Waals surface area contributed by atoms with Crippen molar-refractivity contribution in [3.05, 3.63) is 64.7 Å². The summed E-state index contributed by atoms with van der Waals surface area (Å²) in [7, 11) is 0. The lowest BCUT2D eigenvalue weighted by Crippen LogP contribution is -2.31. The molecule has 2 rings (SSSR count). The lowest BCUT2D eigenvalue weighted by Gasteiger charge is -2.17. The highest BCUT2D eigenvalue weighted by Gasteiger charge is 2.17. The zero-order valence-corrected chi connectivity index (χ0v) is 11.5. The molecule has 0 aliphatic carbocycles. The number of carbonyl (C=O) groups excluding carboxylic acids is 1. The van der Waals surface area contributed by atoms with Gasteiger partial charge >= 0.3 is 0 Å². The summed E-state index contributed by atoms with van der Waals surface area (Å²) in [5.74, 6) is -0.370. The molecule has 0 unspecified atom stereocenters. The molecule has 0 saturated carbocycles. The summed E-state index contributed by atoms with van der Waals surface area (Å²) in [6.45, 7) is -0.199. The fraction of sp³-hybridized carbons (Fsp3) is 0.133. The molecule has 0 saturated heterocycles. The van der Waals surface area contributed by atoms with E-state index in [0.29, 0.717) is 11.3 Å². The number of aliphatic hydroxyl groups is 1. The Morgan fingerprint density at radius 2 is 1.90 bits per heavy atom. The number of amides is 1. The van der Waals surface area contributed by atoms with Gasteiger partial charge < -0.3 is 16.2 Å². The van der Waals surface area contributed by atoms with Gasteiger partial charge in [-0.15, -0.1) is 0 Å². The molecule has 1 amide bonds. The fourth-order valence-electron chi connectivity index (χ4n) is 1.88. The molecular weight excluding hydrogens is 276 g/mol. The van der Waals surface area contributed by atoms with Crippen LogP contribution in [-0.2, 0) is 0 Å². The maximum absolute atomic E-state index is 12.2. The number of hydrogen-bond acceptors (Lipinski definition) is 3. The normalized spacial score (nSPS) is 11.9. The van der Waals surface area contributed by atoms with Gasteiger partial charge in [0.1, 0.15) is 0 Å². The van der Waals surface area contributed by atoms with E-state index >= 15 is 0 Å². The minimum absolute atomic E-state index is 0.199. The van der Waals surface area contributed by atoms with E-state index in [-0.39, 0.29) is 17.5 Å². The standard InChI is InChI=1S/C15H15ClN2O2/c16-14-11(7-4-8-12(14)17)15(20)18-13(9-19)10-5-2-1-3-6-10/h1-8,13,19H,9,17H2,(H,18,20)/t13-/m0/s1. The van der Waals surface area contributed by atoms with Crippen LogP contribution in [0.3, 0.4) is 0 Å². The van der Waals surface area contributed by atoms with Crippen molar-refractivity contribution >= 4 is 23.2 Å². The van der Waals surface area contributed by atoms with Gasteiger partial charge in [-0.2, -0.15) is 0 Å². The maximum Gasteiger partial charge on any atom is 0.253 e. The largest absolute Gasteiger partial charge is 0.398 e. The number of carbonyl (C=O) groups is 1. The number of nitrogens with two attached hydrogens (primary N) is 1. The molecule has 0 bridgehead atoms. The van der Waals surface area contributed by atoms with Crippen molar-refractivity contribution in [2.75, 3.05) is 12.3 Å². The molecule has 2 aromatic rings. The highest BCUT2D eigenvalue weighted by Crippen LogP contribution is 2.23. The Labute approximate surface area is 122 Å². The number of rotatable bonds is 4. The van der Waals surface area contributed by atoms with E-state index in [1.807, 2.05) is 30.3 Å². The van der Waals surface area contributed by atoms with Crippen molar-refractivity contribution in [3.8, 4) is 0 Å². The molecule has 0 heterocycles. The molecular formula is C15H15ClN2O2. The van der Waals surface area contributed by atoms with Crippen LogP contribution in [0.4, 0.5) is 5.69 Å². The van der Waals surface area contributed by atoms with Gasteiger partial charge in [0, 0.05) is 0 Å². The minimum Gasteiger partial charge on any atom is -0.398 e. The summed E-state index contributed by atoms with van der Waals surface area (Å²) in [6.07, 6.45) is 0. The predicted octanol–water partition coefficient (Wildman–Crippen LogP) is 2.39. The maximum atomic E-state index is 12.2. The molecule has 5 heteroatoms. The lowest BCUT2D eigenvalue weighted by molar-refractivity contribution is 0.0916. The van der Waals surface area contributed by atoms with Crippen LogP contribution >= 0.6 is 11.6 Å². The van der Waals surface area contributed by atoms with E-state index in [0.717, 1.165) is 5.56 Å². The van der Waals surface area contributed by atoms with Crippen molar-refractivity contribution in [2.24, 2.45) is 0 Å². The van der Waals surface area contributed by atoms with Gasteiger partial charge in [-0.3, -0.25) is 4.79 Å². The molecule has 0 spiro atoms. The summed E-state index contributed by atoms with van der Waals surface area (Å²) in [5, 5.41) is 12.4. The van der Waals surface area contributed by atoms with Crippen LogP contribution in [0.5, 0.6) is 0 Å². The van der Waals surface area contributed by atoms with E-state index in [4.69, 9.17) is 17.3 Å². The molecule has 0 aromatic heterocycles. The highest BCUT2D eigenvalue weighted by molar-refractivity contribution is 6.36. The van der Waals surface area contributed by atoms with Crippen molar-refractivity contribution in [1.29, 1.82) is 0 Å². The molecule has 0 aliphatic heterocycles. The van der Waals surface area contributed by atoms with Gasteiger partial charge in [0.05, 0.1) is 28.9 Å². The third-order valence-electron chi connectivity index (χ3n) is 2.96. The molecule has 1 atom stereocenters. The van der Waals surface area contributed by atoms with Crippen molar-refractivity contribution in [2.45, 2.75) is 6.04 Å². The number of halogens is 1. The first-order chi connectivity index (χ1) is 9.63. The topological polar surface area (TPSA) is 75.4 Å². The summed E-state index contributed by atoms with van der Waals surface area (Å²) >= 11 is 6.01. The molecule has 20 heavy (non-hydrogen) atoms. The Morgan fingerprint density at radius 3 is 2.55 bits per heavy atom. The van der Waals surface area contributed by atoms with Crippen LogP contribution < -0.4 is 11.1 Å². The van der Waals surface area contributed by atoms with Gasteiger partial charge in [0.15, 0.2) is 0 Å². The number of nitrogen functional groups attached to an aromatic ring is 1. The highest BCUT2D eigenvalue weighted by atomic mass is 35.5. The van der Waals surface area contributed by atoms with Crippen LogP contribution in [0.25, 0.3) is 0 Å². The average molecular weight is 291 g/mol. The van der Waals surface area contributed by atoms with E-state index in [1.54, 1.807) is 18.2 Å². The summed E-state index contributed by atoms with van der Waals surface area (Å²) in [4.78, 5) is 12.2. The molecule has 0 aliphatic rings. The number of aliphatic hydroxyl groups excluding tert-OH is 1. The SMILES string of the molecule is Nc1cccc(C(=O)N[C@@H](CO)c2ccccc2)c1Cl. The van der Waals surface area contributed by atoms with Crippen LogP contribution in [-0.4, -0.2) is 17.6 Å². The molecule has 104 valence electrons. The van der Waals surface area contributed by atoms with Crippen LogP contribution in [0, 0.1) is 0 Å². The first-order valence-electron chi connectivity index (χ1n) is 6.14. The zero-order valence-electron chi connectivity index (χ0n) is 10.7. The Kier molecular flexibility index (Phi) is 4.61. The van der Waals surface area contributed by atoms with Crippen molar-refractivity contribution in [3.63, 3.8) is 0 Å². The lowest BCUT2D eigenvalue weighted by atomic mass is 10.1. The van der Waals surface area contributed by atoms with Gasteiger partial charge in [-0.1, -0.05) is 48.0 Å². The van der Waals surface area contributed by atoms with Crippen LogP contribution in [0.2, 0.25) is 5.02 Å². The Balaban J connectivity index is 2.20. The first kappa shape index (κ1) is 14.4. The van der Waals surface area contributed by atoms with Gasteiger partial charge in [-0.05, 0) is 17.7 Å². The number of anilines is 1. The Bertz CT molecular complexity index is 602. The molecule has 0 radical (unpaired) electrons. The first-order valence-corrected chi connectivity index (χ1v) is 6.52. The predicted molar refractivity (Wildman–Crippen MR) is 79.6 cm³/mol. The van der Waals surface area contributed by atoms with Crippen molar-refractivity contribution in [1.82, 2.24) is 5.32 Å². The van der Waals surface area contributed by atoms with Crippen LogP contribution in [0.15, 0.2) is 48.5 Å². The Morgan fingerprint density at radius 1 is 1.20 bits per heavy atom. The number of nitrogens with one attached hydrogen (secondary N) is 1. The fourth-order valence-corrected chi connectivity index (χ4v) is 2.09. The second kappa shape index (κ2) is 6.41. The molecule has 0 fully saturated rings.